The Kier molecular flexibility index (Phi) is 3.80. The molecule has 1 heterocycles. The Balaban J connectivity index is 1.62. The lowest BCUT2D eigenvalue weighted by atomic mass is 10.4. The van der Waals surface area contributed by atoms with Crippen molar-refractivity contribution in [1.82, 2.24) is 20.2 Å². The summed E-state index contributed by atoms with van der Waals surface area (Å²) in [6.07, 6.45) is 8.29. The van der Waals surface area contributed by atoms with E-state index >= 15 is 0 Å². The van der Waals surface area contributed by atoms with E-state index in [1.165, 1.54) is 12.8 Å². The van der Waals surface area contributed by atoms with Gasteiger partial charge in [-0.2, -0.15) is 0 Å². The van der Waals surface area contributed by atoms with Crippen molar-refractivity contribution in [2.24, 2.45) is 10.9 Å². The summed E-state index contributed by atoms with van der Waals surface area (Å²) in [6.45, 7) is 2.82. The van der Waals surface area contributed by atoms with Gasteiger partial charge in [-0.25, -0.2) is 4.98 Å². The lowest BCUT2D eigenvalue weighted by Gasteiger charge is -2.11. The van der Waals surface area contributed by atoms with E-state index in [4.69, 9.17) is 0 Å². The van der Waals surface area contributed by atoms with Crippen molar-refractivity contribution in [1.29, 1.82) is 0 Å². The molecule has 1 saturated carbocycles. The lowest BCUT2D eigenvalue weighted by Crippen LogP contribution is -2.39. The quantitative estimate of drug-likeness (QED) is 0.561. The normalized spacial score (nSPS) is 16.2. The zero-order valence-electron chi connectivity index (χ0n) is 9.69. The summed E-state index contributed by atoms with van der Waals surface area (Å²) in [4.78, 5) is 8.17. The van der Waals surface area contributed by atoms with Crippen LogP contribution in [0.5, 0.6) is 0 Å². The molecule has 0 amide bonds. The fourth-order valence-corrected chi connectivity index (χ4v) is 1.51. The highest BCUT2D eigenvalue weighted by molar-refractivity contribution is 5.79. The highest BCUT2D eigenvalue weighted by Gasteiger charge is 2.20. The van der Waals surface area contributed by atoms with Crippen molar-refractivity contribution < 1.29 is 0 Å². The molecular formula is C11H19N5. The number of rotatable bonds is 5. The van der Waals surface area contributed by atoms with E-state index in [9.17, 15) is 0 Å². The minimum atomic E-state index is 0.862. The third-order valence-corrected chi connectivity index (χ3v) is 2.70. The predicted molar refractivity (Wildman–Crippen MR) is 64.3 cm³/mol. The standard InChI is InChI=1S/C11H19N5/c1-12-11(15-8-10-2-3-10)14-5-7-16-6-4-13-9-16/h4,6,9-10H,2-3,5,7-8H2,1H3,(H2,12,14,15). The summed E-state index contributed by atoms with van der Waals surface area (Å²) in [5, 5.41) is 6.61. The molecule has 1 aromatic heterocycles. The van der Waals surface area contributed by atoms with Gasteiger partial charge in [-0.15, -0.1) is 0 Å². The van der Waals surface area contributed by atoms with Crippen LogP contribution >= 0.6 is 0 Å². The van der Waals surface area contributed by atoms with Crippen LogP contribution in [0.4, 0.5) is 0 Å². The number of aromatic nitrogens is 2. The Morgan fingerprint density at radius 2 is 2.38 bits per heavy atom. The average molecular weight is 221 g/mol. The van der Waals surface area contributed by atoms with Gasteiger partial charge < -0.3 is 15.2 Å². The number of aliphatic imine (C=N–C) groups is 1. The summed E-state index contributed by atoms with van der Waals surface area (Å²) >= 11 is 0. The molecule has 0 unspecified atom stereocenters. The van der Waals surface area contributed by atoms with E-state index in [1.54, 1.807) is 13.2 Å². The SMILES string of the molecule is CN=C(NCCn1ccnc1)NCC1CC1. The third kappa shape index (κ3) is 3.56. The average Bonchev–Trinajstić information content (AvgIpc) is 2.99. The Morgan fingerprint density at radius 1 is 1.50 bits per heavy atom. The largest absolute Gasteiger partial charge is 0.356 e. The number of hydrogen-bond acceptors (Lipinski definition) is 2. The molecule has 1 aromatic rings. The van der Waals surface area contributed by atoms with Gasteiger partial charge in [-0.1, -0.05) is 0 Å². The van der Waals surface area contributed by atoms with Gasteiger partial charge in [0, 0.05) is 39.1 Å². The van der Waals surface area contributed by atoms with E-state index in [0.717, 1.165) is 31.5 Å². The molecule has 16 heavy (non-hydrogen) atoms. The molecule has 2 rings (SSSR count). The third-order valence-electron chi connectivity index (χ3n) is 2.70. The predicted octanol–water partition coefficient (Wildman–Crippen LogP) is 0.458. The zero-order chi connectivity index (χ0) is 11.2. The fourth-order valence-electron chi connectivity index (χ4n) is 1.51. The van der Waals surface area contributed by atoms with Gasteiger partial charge in [0.1, 0.15) is 0 Å². The van der Waals surface area contributed by atoms with Crippen LogP contribution in [-0.4, -0.2) is 35.6 Å². The molecule has 0 aliphatic heterocycles. The molecular weight excluding hydrogens is 202 g/mol. The van der Waals surface area contributed by atoms with E-state index in [1.807, 2.05) is 17.1 Å². The van der Waals surface area contributed by atoms with Crippen molar-refractivity contribution in [3.8, 4) is 0 Å². The second kappa shape index (κ2) is 5.53. The zero-order valence-corrected chi connectivity index (χ0v) is 9.69. The Labute approximate surface area is 96.0 Å². The highest BCUT2D eigenvalue weighted by Crippen LogP contribution is 2.27. The van der Waals surface area contributed by atoms with Crippen molar-refractivity contribution in [2.75, 3.05) is 20.1 Å². The Morgan fingerprint density at radius 3 is 3.00 bits per heavy atom. The molecule has 0 saturated heterocycles. The van der Waals surface area contributed by atoms with Crippen molar-refractivity contribution in [2.45, 2.75) is 19.4 Å². The van der Waals surface area contributed by atoms with Crippen LogP contribution in [0.15, 0.2) is 23.7 Å². The topological polar surface area (TPSA) is 54.2 Å². The molecule has 0 bridgehead atoms. The maximum absolute atomic E-state index is 4.18. The van der Waals surface area contributed by atoms with Gasteiger partial charge in [-0.05, 0) is 18.8 Å². The molecule has 5 heteroatoms. The van der Waals surface area contributed by atoms with Crippen LogP contribution in [0, 0.1) is 5.92 Å². The molecule has 0 spiro atoms. The van der Waals surface area contributed by atoms with Gasteiger partial charge in [0.25, 0.3) is 0 Å². The Hall–Kier alpha value is -1.52. The molecule has 1 aliphatic carbocycles. The first-order valence-corrected chi connectivity index (χ1v) is 5.79. The molecule has 0 atom stereocenters. The molecule has 0 radical (unpaired) electrons. The van der Waals surface area contributed by atoms with Crippen LogP contribution in [0.1, 0.15) is 12.8 Å². The van der Waals surface area contributed by atoms with E-state index < -0.39 is 0 Å². The van der Waals surface area contributed by atoms with E-state index in [2.05, 4.69) is 20.6 Å². The van der Waals surface area contributed by atoms with Crippen LogP contribution < -0.4 is 10.6 Å². The van der Waals surface area contributed by atoms with Crippen LogP contribution in [0.3, 0.4) is 0 Å². The summed E-state index contributed by atoms with van der Waals surface area (Å²) < 4.78 is 2.04. The first-order chi connectivity index (χ1) is 7.88. The molecule has 88 valence electrons. The maximum Gasteiger partial charge on any atom is 0.191 e. The van der Waals surface area contributed by atoms with E-state index in [-0.39, 0.29) is 0 Å². The highest BCUT2D eigenvalue weighted by atomic mass is 15.2. The van der Waals surface area contributed by atoms with Gasteiger partial charge in [0.2, 0.25) is 0 Å². The number of nitrogens with one attached hydrogen (secondary N) is 2. The van der Waals surface area contributed by atoms with Gasteiger partial charge in [0.05, 0.1) is 6.33 Å². The minimum absolute atomic E-state index is 0.862. The monoisotopic (exact) mass is 221 g/mol. The first-order valence-electron chi connectivity index (χ1n) is 5.79. The van der Waals surface area contributed by atoms with Crippen LogP contribution in [0.2, 0.25) is 0 Å². The number of nitrogens with zero attached hydrogens (tertiary/aromatic N) is 3. The Bertz CT molecular complexity index is 326. The summed E-state index contributed by atoms with van der Waals surface area (Å²) in [6, 6.07) is 0. The summed E-state index contributed by atoms with van der Waals surface area (Å²) in [5.41, 5.74) is 0. The minimum Gasteiger partial charge on any atom is -0.356 e. The molecule has 1 fully saturated rings. The smallest absolute Gasteiger partial charge is 0.191 e. The molecule has 0 aromatic carbocycles. The van der Waals surface area contributed by atoms with Crippen molar-refractivity contribution in [3.05, 3.63) is 18.7 Å². The fraction of sp³-hybridized carbons (Fsp3) is 0.636. The second-order valence-electron chi connectivity index (χ2n) is 4.12. The summed E-state index contributed by atoms with van der Waals surface area (Å²) in [7, 11) is 1.81. The summed E-state index contributed by atoms with van der Waals surface area (Å²) in [5.74, 6) is 1.76. The van der Waals surface area contributed by atoms with E-state index in [0.29, 0.717) is 0 Å². The van der Waals surface area contributed by atoms with Gasteiger partial charge in [0.15, 0.2) is 5.96 Å². The number of imidazole rings is 1. The second-order valence-corrected chi connectivity index (χ2v) is 4.12. The first kappa shape index (κ1) is 11.0. The van der Waals surface area contributed by atoms with Gasteiger partial charge in [-0.3, -0.25) is 4.99 Å². The van der Waals surface area contributed by atoms with Gasteiger partial charge >= 0.3 is 0 Å². The lowest BCUT2D eigenvalue weighted by molar-refractivity contribution is 0.656. The maximum atomic E-state index is 4.18. The van der Waals surface area contributed by atoms with Crippen LogP contribution in [-0.2, 0) is 6.54 Å². The van der Waals surface area contributed by atoms with Crippen molar-refractivity contribution in [3.63, 3.8) is 0 Å². The molecule has 5 nitrogen and oxygen atoms in total. The molecule has 1 aliphatic rings. The number of hydrogen-bond donors (Lipinski definition) is 2. The van der Waals surface area contributed by atoms with Crippen LogP contribution in [0.25, 0.3) is 0 Å². The molecule has 2 N–H and O–H groups in total. The van der Waals surface area contributed by atoms with Crippen molar-refractivity contribution >= 4 is 5.96 Å². The number of guanidine groups is 1.